The van der Waals surface area contributed by atoms with Crippen LogP contribution in [0.15, 0.2) is 45.7 Å². The first-order chi connectivity index (χ1) is 19.8. The number of pyridine rings is 1. The number of nitrogens with one attached hydrogen (secondary N) is 1. The predicted octanol–water partition coefficient (Wildman–Crippen LogP) is 5.55. The van der Waals surface area contributed by atoms with E-state index in [1.807, 2.05) is 19.2 Å². The second-order valence-electron chi connectivity index (χ2n) is 10.4. The standard InChI is InChI=1S/C28H29ClN8O3S/c1-5-16-6-8-17(9-7-16)13-37-22-21(18-10-19(29)12-30-11-18)32-24(25-35-36-27(38)40-25)33-23(22)34-26(37)28(3,39-4)20-14-41-15(2)31-20/h5,10-12,14,16-17H,1,6-9,13H2,2-4H3,(H,36,38). The van der Waals surface area contributed by atoms with E-state index < -0.39 is 11.4 Å². The van der Waals surface area contributed by atoms with Gasteiger partial charge in [-0.05, 0) is 57.4 Å². The Bertz CT molecular complexity index is 1780. The Morgan fingerprint density at radius 3 is 2.68 bits per heavy atom. The van der Waals surface area contributed by atoms with Crippen molar-refractivity contribution in [1.29, 1.82) is 0 Å². The fourth-order valence-corrected chi connectivity index (χ4v) is 6.38. The molecule has 1 atom stereocenters. The molecule has 1 unspecified atom stereocenters. The van der Waals surface area contributed by atoms with Crippen LogP contribution in [0.2, 0.25) is 5.02 Å². The Labute approximate surface area is 244 Å². The van der Waals surface area contributed by atoms with Gasteiger partial charge in [0.2, 0.25) is 5.82 Å². The van der Waals surface area contributed by atoms with Crippen molar-refractivity contribution >= 4 is 34.1 Å². The van der Waals surface area contributed by atoms with Gasteiger partial charge in [-0.15, -0.1) is 23.0 Å². The molecule has 5 heterocycles. The number of imidazole rings is 1. The average Bonchev–Trinajstić information content (AvgIpc) is 3.71. The summed E-state index contributed by atoms with van der Waals surface area (Å²) in [7, 11) is 1.66. The highest BCUT2D eigenvalue weighted by Crippen LogP contribution is 2.39. The summed E-state index contributed by atoms with van der Waals surface area (Å²) in [5.41, 5.74) is 2.08. The molecule has 1 aliphatic carbocycles. The maximum absolute atomic E-state index is 11.8. The van der Waals surface area contributed by atoms with E-state index in [2.05, 4.69) is 32.4 Å². The number of ether oxygens (including phenoxy) is 1. The third-order valence-corrected chi connectivity index (χ3v) is 8.80. The Kier molecular flexibility index (Phi) is 7.30. The summed E-state index contributed by atoms with van der Waals surface area (Å²) in [6.07, 6.45) is 9.60. The smallest absolute Gasteiger partial charge is 0.384 e. The number of aromatic amines is 1. The number of allylic oxidation sites excluding steroid dienone is 1. The molecule has 0 spiro atoms. The van der Waals surface area contributed by atoms with Crippen LogP contribution < -0.4 is 5.76 Å². The number of nitrogens with zero attached hydrogens (tertiary/aromatic N) is 7. The summed E-state index contributed by atoms with van der Waals surface area (Å²) in [5.74, 6) is 0.943. The van der Waals surface area contributed by atoms with Crippen LogP contribution in [-0.4, -0.2) is 46.8 Å². The fourth-order valence-electron chi connectivity index (χ4n) is 5.50. The van der Waals surface area contributed by atoms with E-state index in [1.54, 1.807) is 36.9 Å². The molecule has 0 aliphatic heterocycles. The summed E-state index contributed by atoms with van der Waals surface area (Å²) in [5, 5.41) is 9.60. The minimum atomic E-state index is -0.979. The van der Waals surface area contributed by atoms with Gasteiger partial charge in [0.05, 0.1) is 15.7 Å². The molecule has 13 heteroatoms. The highest BCUT2D eigenvalue weighted by Gasteiger charge is 2.39. The molecule has 0 saturated heterocycles. The highest BCUT2D eigenvalue weighted by molar-refractivity contribution is 7.09. The topological polar surface area (TPSA) is 138 Å². The van der Waals surface area contributed by atoms with E-state index in [-0.39, 0.29) is 11.7 Å². The molecular weight excluding hydrogens is 564 g/mol. The zero-order valence-electron chi connectivity index (χ0n) is 22.9. The third kappa shape index (κ3) is 5.11. The molecule has 1 fully saturated rings. The summed E-state index contributed by atoms with van der Waals surface area (Å²) >= 11 is 7.92. The molecule has 5 aromatic rings. The van der Waals surface area contributed by atoms with Gasteiger partial charge >= 0.3 is 5.76 Å². The van der Waals surface area contributed by atoms with Crippen molar-refractivity contribution in [3.8, 4) is 23.0 Å². The normalized spacial score (nSPS) is 18.9. The van der Waals surface area contributed by atoms with Crippen LogP contribution >= 0.6 is 22.9 Å². The first-order valence-electron chi connectivity index (χ1n) is 13.3. The maximum atomic E-state index is 11.8. The van der Waals surface area contributed by atoms with Gasteiger partial charge in [-0.1, -0.05) is 17.7 Å². The Balaban J connectivity index is 1.62. The molecule has 212 valence electrons. The first kappa shape index (κ1) is 27.4. The fraction of sp³-hybridized carbons (Fsp3) is 0.393. The molecule has 0 amide bonds. The van der Waals surface area contributed by atoms with Gasteiger partial charge in [-0.3, -0.25) is 4.98 Å². The summed E-state index contributed by atoms with van der Waals surface area (Å²) in [4.78, 5) is 35.4. The molecule has 11 nitrogen and oxygen atoms in total. The van der Waals surface area contributed by atoms with Crippen LogP contribution in [0, 0.1) is 18.8 Å². The highest BCUT2D eigenvalue weighted by atomic mass is 35.5. The van der Waals surface area contributed by atoms with Crippen LogP contribution in [0.4, 0.5) is 0 Å². The molecule has 1 saturated carbocycles. The van der Waals surface area contributed by atoms with Crippen molar-refractivity contribution in [1.82, 2.24) is 39.7 Å². The van der Waals surface area contributed by atoms with Gasteiger partial charge < -0.3 is 13.7 Å². The number of aromatic nitrogens is 8. The number of aryl methyl sites for hydroxylation is 1. The number of H-pyrrole nitrogens is 1. The SMILES string of the molecule is C=CC1CCC(Cn2c(C(C)(OC)c3csc(C)n3)nc3nc(-c4n[nH]c(=O)o4)nc(-c4cncc(Cl)c4)c32)CC1. The lowest BCUT2D eigenvalue weighted by atomic mass is 9.82. The van der Waals surface area contributed by atoms with E-state index in [0.29, 0.717) is 51.6 Å². The van der Waals surface area contributed by atoms with Crippen molar-refractivity contribution in [2.45, 2.75) is 51.7 Å². The predicted molar refractivity (Wildman–Crippen MR) is 156 cm³/mol. The lowest BCUT2D eigenvalue weighted by Gasteiger charge is -2.31. The second kappa shape index (κ2) is 10.9. The van der Waals surface area contributed by atoms with Crippen molar-refractivity contribution in [2.24, 2.45) is 11.8 Å². The Morgan fingerprint density at radius 1 is 1.24 bits per heavy atom. The Morgan fingerprint density at radius 2 is 2.05 bits per heavy atom. The van der Waals surface area contributed by atoms with E-state index in [1.165, 1.54) is 0 Å². The van der Waals surface area contributed by atoms with Crippen molar-refractivity contribution in [2.75, 3.05) is 7.11 Å². The number of hydrogen-bond acceptors (Lipinski definition) is 10. The van der Waals surface area contributed by atoms with Gasteiger partial charge in [-0.2, -0.15) is 0 Å². The molecule has 0 bridgehead atoms. The number of thiazole rings is 1. The number of halogens is 1. The van der Waals surface area contributed by atoms with Crippen molar-refractivity contribution in [3.63, 3.8) is 0 Å². The van der Waals surface area contributed by atoms with Gasteiger partial charge in [0.15, 0.2) is 11.2 Å². The van der Waals surface area contributed by atoms with Crippen LogP contribution in [-0.2, 0) is 16.9 Å². The lowest BCUT2D eigenvalue weighted by Crippen LogP contribution is -2.32. The minimum absolute atomic E-state index is 0.0448. The van der Waals surface area contributed by atoms with Crippen molar-refractivity contribution in [3.05, 3.63) is 68.6 Å². The molecule has 1 N–H and O–H groups in total. The minimum Gasteiger partial charge on any atom is -0.384 e. The second-order valence-corrected chi connectivity index (χ2v) is 11.9. The number of rotatable bonds is 8. The summed E-state index contributed by atoms with van der Waals surface area (Å²) in [6, 6.07) is 1.78. The monoisotopic (exact) mass is 592 g/mol. The molecule has 0 radical (unpaired) electrons. The number of methoxy groups -OCH3 is 1. The van der Waals surface area contributed by atoms with Gasteiger partial charge in [0.25, 0.3) is 5.89 Å². The number of fused-ring (bicyclic) bond motifs is 1. The van der Waals surface area contributed by atoms with Gasteiger partial charge in [-0.25, -0.2) is 29.8 Å². The Hall–Kier alpha value is -3.74. The van der Waals surface area contributed by atoms with E-state index in [9.17, 15) is 4.79 Å². The largest absolute Gasteiger partial charge is 0.434 e. The molecule has 5 aromatic heterocycles. The van der Waals surface area contributed by atoms with Gasteiger partial charge in [0, 0.05) is 37.0 Å². The average molecular weight is 593 g/mol. The van der Waals surface area contributed by atoms with Crippen LogP contribution in [0.5, 0.6) is 0 Å². The zero-order valence-corrected chi connectivity index (χ0v) is 24.5. The molecule has 1 aliphatic rings. The molecule has 6 rings (SSSR count). The van der Waals surface area contributed by atoms with E-state index >= 15 is 0 Å². The van der Waals surface area contributed by atoms with Gasteiger partial charge in [0.1, 0.15) is 17.0 Å². The van der Waals surface area contributed by atoms with E-state index in [4.69, 9.17) is 40.7 Å². The summed E-state index contributed by atoms with van der Waals surface area (Å²) < 4.78 is 13.6. The molecule has 0 aromatic carbocycles. The number of hydrogen-bond donors (Lipinski definition) is 1. The molecule has 41 heavy (non-hydrogen) atoms. The first-order valence-corrected chi connectivity index (χ1v) is 14.6. The molecular formula is C28H29ClN8O3S. The summed E-state index contributed by atoms with van der Waals surface area (Å²) in [6.45, 7) is 8.61. The van der Waals surface area contributed by atoms with Crippen LogP contribution in [0.25, 0.3) is 34.1 Å². The zero-order chi connectivity index (χ0) is 28.7. The van der Waals surface area contributed by atoms with Crippen LogP contribution in [0.1, 0.15) is 49.1 Å². The van der Waals surface area contributed by atoms with Crippen molar-refractivity contribution < 1.29 is 9.15 Å². The lowest BCUT2D eigenvalue weighted by molar-refractivity contribution is 0.0246. The van der Waals surface area contributed by atoms with E-state index in [0.717, 1.165) is 36.4 Å². The maximum Gasteiger partial charge on any atom is 0.434 e. The van der Waals surface area contributed by atoms with Crippen LogP contribution in [0.3, 0.4) is 0 Å². The quantitative estimate of drug-likeness (QED) is 0.230. The third-order valence-electron chi connectivity index (χ3n) is 7.82.